The Kier molecular flexibility index (Phi) is 9.54. The fourth-order valence-corrected chi connectivity index (χ4v) is 4.02. The van der Waals surface area contributed by atoms with Crippen LogP contribution < -0.4 is 0 Å². The molecule has 16 heteroatoms. The summed E-state index contributed by atoms with van der Waals surface area (Å²) >= 11 is 0. The molecule has 34 heavy (non-hydrogen) atoms. The van der Waals surface area contributed by atoms with Gasteiger partial charge >= 0.3 is 0 Å². The molecule has 0 spiro atoms. The van der Waals surface area contributed by atoms with Crippen LogP contribution in [0.15, 0.2) is 0 Å². The molecular weight excluding hydrogens is 472 g/mol. The fourth-order valence-electron chi connectivity index (χ4n) is 4.02. The van der Waals surface area contributed by atoms with Crippen LogP contribution in [0.2, 0.25) is 0 Å². The summed E-state index contributed by atoms with van der Waals surface area (Å²) < 4.78 is 26.5. The standard InChI is InChI=1S/C18H32O16/c19-1-4-8(23)11(26)14(16(29)30-4)33-18-15(12(27)9(24)6(3-21)32-18)34-17-13(28)10(25)7(22)5(2-20)31-17/h4-29H,1-3H2/t4-,5-,6-,7-,8-,9-,10+,11+,12+,13-,14+,15+,16+,17+,18+/m1/s1. The highest BCUT2D eigenvalue weighted by Gasteiger charge is 2.53. The van der Waals surface area contributed by atoms with Gasteiger partial charge in [-0.3, -0.25) is 0 Å². The zero-order valence-corrected chi connectivity index (χ0v) is 17.7. The van der Waals surface area contributed by atoms with Gasteiger partial charge in [-0.2, -0.15) is 0 Å². The minimum Gasteiger partial charge on any atom is -0.394 e. The average molecular weight is 504 g/mol. The van der Waals surface area contributed by atoms with Crippen molar-refractivity contribution in [2.75, 3.05) is 19.8 Å². The van der Waals surface area contributed by atoms with E-state index in [-0.39, 0.29) is 0 Å². The van der Waals surface area contributed by atoms with Crippen LogP contribution in [0.3, 0.4) is 0 Å². The molecule has 0 aromatic rings. The van der Waals surface area contributed by atoms with E-state index in [1.165, 1.54) is 0 Å². The Bertz CT molecular complexity index is 639. The van der Waals surface area contributed by atoms with Crippen molar-refractivity contribution in [2.45, 2.75) is 92.1 Å². The average Bonchev–Trinajstić information content (AvgIpc) is 2.83. The largest absolute Gasteiger partial charge is 0.394 e. The molecule has 11 N–H and O–H groups in total. The van der Waals surface area contributed by atoms with Crippen molar-refractivity contribution in [3.63, 3.8) is 0 Å². The van der Waals surface area contributed by atoms with Crippen molar-refractivity contribution in [1.82, 2.24) is 0 Å². The van der Waals surface area contributed by atoms with Gasteiger partial charge in [0.1, 0.15) is 73.2 Å². The minimum absolute atomic E-state index is 0.734. The Morgan fingerprint density at radius 3 is 1.38 bits per heavy atom. The van der Waals surface area contributed by atoms with E-state index >= 15 is 0 Å². The van der Waals surface area contributed by atoms with Crippen molar-refractivity contribution in [1.29, 1.82) is 0 Å². The molecule has 3 heterocycles. The lowest BCUT2D eigenvalue weighted by Crippen LogP contribution is -2.66. The zero-order chi connectivity index (χ0) is 25.3. The van der Waals surface area contributed by atoms with Gasteiger partial charge in [-0.25, -0.2) is 0 Å². The molecule has 0 bridgehead atoms. The molecule has 0 unspecified atom stereocenters. The summed E-state index contributed by atoms with van der Waals surface area (Å²) in [6, 6.07) is 0. The van der Waals surface area contributed by atoms with Crippen LogP contribution in [0, 0.1) is 0 Å². The molecule has 0 radical (unpaired) electrons. The fraction of sp³-hybridized carbons (Fsp3) is 1.00. The minimum atomic E-state index is -1.90. The van der Waals surface area contributed by atoms with E-state index in [2.05, 4.69) is 0 Å². The molecular formula is C18H32O16. The summed E-state index contributed by atoms with van der Waals surface area (Å²) in [6.07, 6.45) is -25.7. The number of hydrogen-bond acceptors (Lipinski definition) is 16. The van der Waals surface area contributed by atoms with Crippen molar-refractivity contribution in [3.8, 4) is 0 Å². The maximum absolute atomic E-state index is 10.6. The van der Waals surface area contributed by atoms with Gasteiger partial charge in [0.15, 0.2) is 18.9 Å². The predicted molar refractivity (Wildman–Crippen MR) is 101 cm³/mol. The number of aliphatic hydroxyl groups is 11. The number of rotatable bonds is 7. The number of ether oxygens (including phenoxy) is 5. The second-order valence-corrected chi connectivity index (χ2v) is 8.33. The second-order valence-electron chi connectivity index (χ2n) is 8.33. The summed E-state index contributed by atoms with van der Waals surface area (Å²) in [6.45, 7) is -2.31. The summed E-state index contributed by atoms with van der Waals surface area (Å²) in [7, 11) is 0. The van der Waals surface area contributed by atoms with Crippen molar-refractivity contribution in [3.05, 3.63) is 0 Å². The van der Waals surface area contributed by atoms with E-state index in [1.807, 2.05) is 0 Å². The van der Waals surface area contributed by atoms with Crippen molar-refractivity contribution in [2.24, 2.45) is 0 Å². The van der Waals surface area contributed by atoms with Gasteiger partial charge < -0.3 is 79.9 Å². The number of hydrogen-bond donors (Lipinski definition) is 11. The molecule has 0 aromatic heterocycles. The number of aliphatic hydroxyl groups excluding tert-OH is 11. The van der Waals surface area contributed by atoms with Crippen LogP contribution in [-0.2, 0) is 23.7 Å². The molecule has 16 nitrogen and oxygen atoms in total. The lowest BCUT2D eigenvalue weighted by atomic mass is 9.96. The molecule has 0 aromatic carbocycles. The van der Waals surface area contributed by atoms with E-state index in [0.29, 0.717) is 0 Å². The highest BCUT2D eigenvalue weighted by molar-refractivity contribution is 4.95. The molecule has 0 amide bonds. The van der Waals surface area contributed by atoms with Crippen LogP contribution in [0.5, 0.6) is 0 Å². The Labute approximate surface area is 192 Å². The highest BCUT2D eigenvalue weighted by atomic mass is 16.8. The lowest BCUT2D eigenvalue weighted by molar-refractivity contribution is -0.391. The highest BCUT2D eigenvalue weighted by Crippen LogP contribution is 2.32. The second kappa shape index (κ2) is 11.6. The smallest absolute Gasteiger partial charge is 0.187 e. The summed E-state index contributed by atoms with van der Waals surface area (Å²) in [5, 5.41) is 109. The Balaban J connectivity index is 1.82. The van der Waals surface area contributed by atoms with Crippen LogP contribution >= 0.6 is 0 Å². The van der Waals surface area contributed by atoms with Gasteiger partial charge in [0.05, 0.1) is 19.8 Å². The Morgan fingerprint density at radius 2 is 0.853 bits per heavy atom. The van der Waals surface area contributed by atoms with Crippen LogP contribution in [0.25, 0.3) is 0 Å². The lowest BCUT2D eigenvalue weighted by Gasteiger charge is -2.48. The SMILES string of the molecule is OC[C@H]1O[C@@H](O[C@@H]2[C@H](O[C@H]3[C@@H](O)[C@H](O)[C@@H](CO)O[C@@H]3O)O[C@H](CO)[C@@H](O)[C@@H]2O)[C@H](O)[C@@H](O)[C@@H]1O. The third-order valence-electron chi connectivity index (χ3n) is 6.10. The molecule has 0 saturated carbocycles. The quantitative estimate of drug-likeness (QED) is 0.154. The third-order valence-corrected chi connectivity index (χ3v) is 6.10. The molecule has 3 aliphatic rings. The van der Waals surface area contributed by atoms with E-state index < -0.39 is 112 Å². The van der Waals surface area contributed by atoms with Gasteiger partial charge in [0.2, 0.25) is 0 Å². The van der Waals surface area contributed by atoms with E-state index in [9.17, 15) is 56.2 Å². The van der Waals surface area contributed by atoms with Gasteiger partial charge in [0.25, 0.3) is 0 Å². The molecule has 3 saturated heterocycles. The first kappa shape index (κ1) is 27.9. The molecule has 3 rings (SSSR count). The molecule has 15 atom stereocenters. The predicted octanol–water partition coefficient (Wildman–Crippen LogP) is -7.57. The van der Waals surface area contributed by atoms with E-state index in [0.717, 1.165) is 0 Å². The Morgan fingerprint density at radius 1 is 0.441 bits per heavy atom. The van der Waals surface area contributed by atoms with Crippen molar-refractivity contribution >= 4 is 0 Å². The summed E-state index contributed by atoms with van der Waals surface area (Å²) in [4.78, 5) is 0. The molecule has 3 fully saturated rings. The molecule has 3 aliphatic heterocycles. The first-order chi connectivity index (χ1) is 16.0. The summed E-state index contributed by atoms with van der Waals surface area (Å²) in [5.41, 5.74) is 0. The first-order valence-corrected chi connectivity index (χ1v) is 10.6. The zero-order valence-electron chi connectivity index (χ0n) is 17.7. The van der Waals surface area contributed by atoms with Gasteiger partial charge in [-0.05, 0) is 0 Å². The maximum atomic E-state index is 10.6. The summed E-state index contributed by atoms with van der Waals surface area (Å²) in [5.74, 6) is 0. The molecule has 0 aliphatic carbocycles. The molecule has 200 valence electrons. The van der Waals surface area contributed by atoms with Crippen LogP contribution in [0.4, 0.5) is 0 Å². The van der Waals surface area contributed by atoms with Crippen LogP contribution in [0.1, 0.15) is 0 Å². The van der Waals surface area contributed by atoms with Gasteiger partial charge in [-0.1, -0.05) is 0 Å². The van der Waals surface area contributed by atoms with Gasteiger partial charge in [-0.15, -0.1) is 0 Å². The van der Waals surface area contributed by atoms with E-state index in [1.54, 1.807) is 0 Å². The van der Waals surface area contributed by atoms with Crippen molar-refractivity contribution < 1.29 is 79.9 Å². The Hall–Kier alpha value is -0.640. The van der Waals surface area contributed by atoms with Gasteiger partial charge in [0, 0.05) is 0 Å². The topological polar surface area (TPSA) is 269 Å². The first-order valence-electron chi connectivity index (χ1n) is 10.6. The van der Waals surface area contributed by atoms with Crippen LogP contribution in [-0.4, -0.2) is 168 Å². The normalized spacial score (nSPS) is 52.5. The maximum Gasteiger partial charge on any atom is 0.187 e. The monoisotopic (exact) mass is 504 g/mol. The van der Waals surface area contributed by atoms with E-state index in [4.69, 9.17) is 23.7 Å². The third kappa shape index (κ3) is 5.37.